The Morgan fingerprint density at radius 3 is 1.47 bits per heavy atom. The molecule has 0 spiro atoms. The molecule has 0 unspecified atom stereocenters. The number of rotatable bonds is 2. The molecule has 19 heavy (non-hydrogen) atoms. The van der Waals surface area contributed by atoms with Crippen molar-refractivity contribution in [3.05, 3.63) is 0 Å². The Hall–Kier alpha value is 0.750. The van der Waals surface area contributed by atoms with Crippen molar-refractivity contribution in [2.75, 3.05) is 52.6 Å². The largest absolute Gasteiger partial charge is 0.378 e. The minimum Gasteiger partial charge on any atom is -0.378 e. The zero-order valence-corrected chi connectivity index (χ0v) is 14.5. The monoisotopic (exact) mass is 356 g/mol. The molecule has 2 aliphatic heterocycles. The standard InChI is InChI=1S/C10H16N2O2S5/c15-9(11-1-5-13-6-2-11)17-19-18-10(16)12-3-7-14-8-4-12/h1-8H2. The highest BCUT2D eigenvalue weighted by Crippen LogP contribution is 2.38. The molecule has 0 aromatic heterocycles. The Morgan fingerprint density at radius 1 is 0.737 bits per heavy atom. The third-order valence-corrected chi connectivity index (χ3v) is 7.92. The molecule has 2 heterocycles. The van der Waals surface area contributed by atoms with Crippen LogP contribution in [-0.4, -0.2) is 71.0 Å². The van der Waals surface area contributed by atoms with Crippen LogP contribution in [0.2, 0.25) is 0 Å². The quantitative estimate of drug-likeness (QED) is 0.545. The predicted octanol–water partition coefficient (Wildman–Crippen LogP) is 2.25. The van der Waals surface area contributed by atoms with Crippen molar-refractivity contribution in [3.63, 3.8) is 0 Å². The summed E-state index contributed by atoms with van der Waals surface area (Å²) < 4.78 is 12.5. The Bertz CT molecular complexity index is 289. The van der Waals surface area contributed by atoms with Crippen LogP contribution in [0, 0.1) is 0 Å². The second kappa shape index (κ2) is 8.91. The van der Waals surface area contributed by atoms with Gasteiger partial charge in [0.25, 0.3) is 0 Å². The molecule has 2 saturated heterocycles. The molecule has 0 aromatic carbocycles. The first-order chi connectivity index (χ1) is 9.27. The summed E-state index contributed by atoms with van der Waals surface area (Å²) in [5, 5.41) is 0. The van der Waals surface area contributed by atoms with Gasteiger partial charge < -0.3 is 19.3 Å². The Kier molecular flexibility index (Phi) is 7.56. The van der Waals surface area contributed by atoms with Gasteiger partial charge in [0.1, 0.15) is 8.64 Å². The highest BCUT2D eigenvalue weighted by molar-refractivity contribution is 9.15. The summed E-state index contributed by atoms with van der Waals surface area (Å²) in [5.41, 5.74) is 0. The summed E-state index contributed by atoms with van der Waals surface area (Å²) >= 11 is 10.8. The van der Waals surface area contributed by atoms with Crippen LogP contribution in [0.1, 0.15) is 0 Å². The fourth-order valence-electron chi connectivity index (χ4n) is 1.67. The van der Waals surface area contributed by atoms with Gasteiger partial charge in [-0.15, -0.1) is 0 Å². The first-order valence-corrected chi connectivity index (χ1v) is 10.3. The molecule has 0 amide bonds. The van der Waals surface area contributed by atoms with Gasteiger partial charge in [-0.05, 0) is 31.4 Å². The molecular weight excluding hydrogens is 340 g/mol. The fraction of sp³-hybridized carbons (Fsp3) is 0.800. The lowest BCUT2D eigenvalue weighted by atomic mass is 10.5. The van der Waals surface area contributed by atoms with Crippen molar-refractivity contribution < 1.29 is 9.47 Å². The van der Waals surface area contributed by atoms with Crippen molar-refractivity contribution in [2.45, 2.75) is 0 Å². The summed E-state index contributed by atoms with van der Waals surface area (Å²) in [5.74, 6) is 0. The third kappa shape index (κ3) is 5.56. The molecule has 2 fully saturated rings. The van der Waals surface area contributed by atoms with Crippen molar-refractivity contribution >= 4 is 64.5 Å². The second-order valence-corrected chi connectivity index (χ2v) is 9.13. The first kappa shape index (κ1) is 16.1. The van der Waals surface area contributed by atoms with E-state index in [2.05, 4.69) is 9.80 Å². The van der Waals surface area contributed by atoms with Crippen molar-refractivity contribution in [1.82, 2.24) is 9.80 Å². The van der Waals surface area contributed by atoms with E-state index in [0.717, 1.165) is 61.2 Å². The second-order valence-electron chi connectivity index (χ2n) is 3.97. The number of morpholine rings is 2. The normalized spacial score (nSPS) is 20.4. The summed E-state index contributed by atoms with van der Waals surface area (Å²) in [6.07, 6.45) is 0. The maximum absolute atomic E-state index is 5.40. The van der Waals surface area contributed by atoms with E-state index in [1.54, 1.807) is 31.4 Å². The van der Waals surface area contributed by atoms with Gasteiger partial charge in [-0.25, -0.2) is 0 Å². The summed E-state index contributed by atoms with van der Waals surface area (Å²) in [6, 6.07) is 0. The predicted molar refractivity (Wildman–Crippen MR) is 92.8 cm³/mol. The van der Waals surface area contributed by atoms with E-state index in [-0.39, 0.29) is 0 Å². The lowest BCUT2D eigenvalue weighted by molar-refractivity contribution is 0.0702. The van der Waals surface area contributed by atoms with Gasteiger partial charge >= 0.3 is 0 Å². The van der Waals surface area contributed by atoms with Gasteiger partial charge in [0.2, 0.25) is 0 Å². The number of thiocarbonyl (C=S) groups is 2. The molecule has 108 valence electrons. The minimum absolute atomic E-state index is 0.769. The minimum atomic E-state index is 0.769. The van der Waals surface area contributed by atoms with Gasteiger partial charge in [0, 0.05) is 26.2 Å². The molecular formula is C10H16N2O2S5. The van der Waals surface area contributed by atoms with Crippen LogP contribution >= 0.6 is 55.8 Å². The van der Waals surface area contributed by atoms with E-state index < -0.39 is 0 Å². The van der Waals surface area contributed by atoms with Crippen LogP contribution in [0.15, 0.2) is 0 Å². The van der Waals surface area contributed by atoms with E-state index in [4.69, 9.17) is 33.9 Å². The molecule has 0 N–H and O–H groups in total. The topological polar surface area (TPSA) is 24.9 Å². The van der Waals surface area contributed by atoms with Crippen LogP contribution in [0.4, 0.5) is 0 Å². The van der Waals surface area contributed by atoms with Gasteiger partial charge in [-0.2, -0.15) is 0 Å². The van der Waals surface area contributed by atoms with Crippen LogP contribution in [0.5, 0.6) is 0 Å². The average Bonchev–Trinajstić information content (AvgIpc) is 2.49. The van der Waals surface area contributed by atoms with Gasteiger partial charge in [0.05, 0.1) is 26.4 Å². The zero-order valence-electron chi connectivity index (χ0n) is 10.4. The smallest absolute Gasteiger partial charge is 0.148 e. The fourth-order valence-corrected chi connectivity index (χ4v) is 6.70. The highest BCUT2D eigenvalue weighted by Gasteiger charge is 2.17. The molecule has 0 atom stereocenters. The summed E-state index contributed by atoms with van der Waals surface area (Å²) in [6.45, 7) is 6.65. The Morgan fingerprint density at radius 2 is 1.11 bits per heavy atom. The zero-order chi connectivity index (χ0) is 13.5. The van der Waals surface area contributed by atoms with Gasteiger partial charge in [0.15, 0.2) is 0 Å². The number of hydrogen-bond donors (Lipinski definition) is 0. The van der Waals surface area contributed by atoms with E-state index in [9.17, 15) is 0 Å². The van der Waals surface area contributed by atoms with Crippen LogP contribution < -0.4 is 0 Å². The van der Waals surface area contributed by atoms with Crippen molar-refractivity contribution in [3.8, 4) is 0 Å². The molecule has 0 saturated carbocycles. The third-order valence-electron chi connectivity index (χ3n) is 2.75. The summed E-state index contributed by atoms with van der Waals surface area (Å²) in [7, 11) is 4.87. The molecule has 4 nitrogen and oxygen atoms in total. The van der Waals surface area contributed by atoms with Crippen LogP contribution in [0.25, 0.3) is 0 Å². The van der Waals surface area contributed by atoms with E-state index >= 15 is 0 Å². The van der Waals surface area contributed by atoms with E-state index in [1.165, 1.54) is 0 Å². The van der Waals surface area contributed by atoms with Crippen LogP contribution in [0.3, 0.4) is 0 Å². The van der Waals surface area contributed by atoms with Gasteiger partial charge in [-0.1, -0.05) is 24.4 Å². The molecule has 0 bridgehead atoms. The SMILES string of the molecule is S=C(SSSC(=S)N1CCOCC1)N1CCOCC1. The number of nitrogens with zero attached hydrogens (tertiary/aromatic N) is 2. The molecule has 2 rings (SSSR count). The Labute approximate surface area is 136 Å². The molecule has 0 radical (unpaired) electrons. The van der Waals surface area contributed by atoms with Crippen molar-refractivity contribution in [1.29, 1.82) is 0 Å². The lowest BCUT2D eigenvalue weighted by Gasteiger charge is -2.29. The van der Waals surface area contributed by atoms with Gasteiger partial charge in [-0.3, -0.25) is 0 Å². The van der Waals surface area contributed by atoms with Crippen LogP contribution in [-0.2, 0) is 9.47 Å². The molecule has 0 aliphatic carbocycles. The maximum atomic E-state index is 5.40. The molecule has 9 heteroatoms. The first-order valence-electron chi connectivity index (χ1n) is 6.02. The number of hydrogen-bond acceptors (Lipinski definition) is 7. The highest BCUT2D eigenvalue weighted by atomic mass is 33.5. The van der Waals surface area contributed by atoms with E-state index in [1.807, 2.05) is 0 Å². The van der Waals surface area contributed by atoms with E-state index in [0.29, 0.717) is 0 Å². The maximum Gasteiger partial charge on any atom is 0.148 e. The average molecular weight is 357 g/mol. The molecule has 2 aliphatic rings. The van der Waals surface area contributed by atoms with Crippen molar-refractivity contribution in [2.24, 2.45) is 0 Å². The molecule has 0 aromatic rings. The summed E-state index contributed by atoms with van der Waals surface area (Å²) in [4.78, 5) is 4.38. The lowest BCUT2D eigenvalue weighted by Crippen LogP contribution is -2.38. The Balaban J connectivity index is 1.62. The number of ether oxygens (including phenoxy) is 2.